The lowest BCUT2D eigenvalue weighted by Gasteiger charge is -2.22. The van der Waals surface area contributed by atoms with Crippen molar-refractivity contribution in [2.45, 2.75) is 44.3 Å². The first kappa shape index (κ1) is 16.3. The minimum atomic E-state index is -0.505. The van der Waals surface area contributed by atoms with Crippen molar-refractivity contribution < 1.29 is 14.3 Å². The van der Waals surface area contributed by atoms with Crippen molar-refractivity contribution in [3.8, 4) is 0 Å². The molecular formula is C21H23NO3. The van der Waals surface area contributed by atoms with Crippen molar-refractivity contribution in [2.24, 2.45) is 0 Å². The summed E-state index contributed by atoms with van der Waals surface area (Å²) in [5.74, 6) is 0.0801. The van der Waals surface area contributed by atoms with Crippen LogP contribution in [0.2, 0.25) is 0 Å². The second kappa shape index (κ2) is 7.38. The number of rotatable bonds is 6. The van der Waals surface area contributed by atoms with Gasteiger partial charge in [-0.05, 0) is 24.0 Å². The molecule has 2 heterocycles. The van der Waals surface area contributed by atoms with Crippen LogP contribution < -0.4 is 0 Å². The maximum Gasteiger partial charge on any atom is 0.254 e. The van der Waals surface area contributed by atoms with Gasteiger partial charge in [0.15, 0.2) is 6.10 Å². The van der Waals surface area contributed by atoms with E-state index in [1.165, 1.54) is 0 Å². The number of nitrogens with zero attached hydrogens (tertiary/aromatic N) is 1. The number of hydrogen-bond donors (Lipinski definition) is 0. The Morgan fingerprint density at radius 2 is 1.48 bits per heavy atom. The maximum absolute atomic E-state index is 12.8. The third-order valence-electron chi connectivity index (χ3n) is 5.06. The molecule has 0 bridgehead atoms. The Balaban J connectivity index is 1.45. The second-order valence-corrected chi connectivity index (χ2v) is 6.72. The lowest BCUT2D eigenvalue weighted by Crippen LogP contribution is -2.36. The zero-order chi connectivity index (χ0) is 17.1. The van der Waals surface area contributed by atoms with Crippen molar-refractivity contribution in [2.75, 3.05) is 6.54 Å². The molecule has 4 heteroatoms. The fraction of sp³-hybridized carbons (Fsp3) is 0.381. The molecule has 1 amide bonds. The van der Waals surface area contributed by atoms with Crippen LogP contribution in [0.5, 0.6) is 0 Å². The van der Waals surface area contributed by atoms with E-state index in [9.17, 15) is 4.79 Å². The van der Waals surface area contributed by atoms with Gasteiger partial charge < -0.3 is 14.4 Å². The van der Waals surface area contributed by atoms with Crippen molar-refractivity contribution in [3.63, 3.8) is 0 Å². The average Bonchev–Trinajstić information content (AvgIpc) is 3.23. The van der Waals surface area contributed by atoms with Crippen molar-refractivity contribution >= 4 is 5.91 Å². The van der Waals surface area contributed by atoms with E-state index in [4.69, 9.17) is 9.47 Å². The number of ether oxygens (including phenoxy) is 2. The van der Waals surface area contributed by atoms with E-state index in [1.807, 2.05) is 65.6 Å². The van der Waals surface area contributed by atoms with Crippen molar-refractivity contribution in [1.82, 2.24) is 4.90 Å². The average molecular weight is 337 g/mol. The summed E-state index contributed by atoms with van der Waals surface area (Å²) < 4.78 is 12.2. The summed E-state index contributed by atoms with van der Waals surface area (Å²) in [6.45, 7) is 1.76. The van der Waals surface area contributed by atoms with Gasteiger partial charge in [0.25, 0.3) is 5.91 Å². The molecule has 0 aromatic heterocycles. The summed E-state index contributed by atoms with van der Waals surface area (Å²) in [7, 11) is 0. The number of benzene rings is 2. The predicted molar refractivity (Wildman–Crippen MR) is 94.8 cm³/mol. The first-order chi connectivity index (χ1) is 12.3. The highest BCUT2D eigenvalue weighted by atomic mass is 16.5. The molecule has 4 rings (SSSR count). The monoisotopic (exact) mass is 337 g/mol. The molecule has 2 aromatic carbocycles. The van der Waals surface area contributed by atoms with Gasteiger partial charge in [0, 0.05) is 6.54 Å². The van der Waals surface area contributed by atoms with E-state index in [2.05, 4.69) is 0 Å². The number of carbonyl (C=O) groups excluding carboxylic acids is 1. The Bertz CT molecular complexity index is 704. The van der Waals surface area contributed by atoms with Gasteiger partial charge in [0.2, 0.25) is 0 Å². The fourth-order valence-corrected chi connectivity index (χ4v) is 3.80. The van der Waals surface area contributed by atoms with Crippen molar-refractivity contribution in [3.05, 3.63) is 71.8 Å². The molecule has 0 saturated carbocycles. The van der Waals surface area contributed by atoms with E-state index < -0.39 is 6.10 Å². The molecule has 2 fully saturated rings. The molecule has 2 saturated heterocycles. The van der Waals surface area contributed by atoms with Crippen LogP contribution in [0.1, 0.15) is 24.0 Å². The fourth-order valence-electron chi connectivity index (χ4n) is 3.80. The summed E-state index contributed by atoms with van der Waals surface area (Å²) in [6, 6.07) is 20.2. The Morgan fingerprint density at radius 3 is 2.12 bits per heavy atom. The maximum atomic E-state index is 12.8. The largest absolute Gasteiger partial charge is 0.368 e. The van der Waals surface area contributed by atoms with Gasteiger partial charge in [-0.25, -0.2) is 0 Å². The molecule has 4 nitrogen and oxygen atoms in total. The molecule has 2 aromatic rings. The Hall–Kier alpha value is -2.17. The van der Waals surface area contributed by atoms with Gasteiger partial charge >= 0.3 is 0 Å². The molecule has 0 aliphatic carbocycles. The molecule has 130 valence electrons. The zero-order valence-corrected chi connectivity index (χ0v) is 14.2. The minimum absolute atomic E-state index is 0.0801. The molecule has 2 aliphatic rings. The Kier molecular flexibility index (Phi) is 4.81. The number of fused-ring (bicyclic) bond motifs is 1. The first-order valence-corrected chi connectivity index (χ1v) is 8.94. The highest BCUT2D eigenvalue weighted by Gasteiger charge is 2.51. The molecule has 0 spiro atoms. The van der Waals surface area contributed by atoms with E-state index in [0.29, 0.717) is 13.2 Å². The van der Waals surface area contributed by atoms with Gasteiger partial charge in [-0.3, -0.25) is 4.79 Å². The van der Waals surface area contributed by atoms with Gasteiger partial charge in [-0.2, -0.15) is 0 Å². The third kappa shape index (κ3) is 3.46. The second-order valence-electron chi connectivity index (χ2n) is 6.72. The number of carbonyl (C=O) groups is 1. The summed E-state index contributed by atoms with van der Waals surface area (Å²) in [5, 5.41) is 0. The van der Waals surface area contributed by atoms with Crippen LogP contribution in [0.25, 0.3) is 0 Å². The van der Waals surface area contributed by atoms with E-state index in [1.54, 1.807) is 0 Å². The summed E-state index contributed by atoms with van der Waals surface area (Å²) >= 11 is 0. The molecule has 25 heavy (non-hydrogen) atoms. The van der Waals surface area contributed by atoms with Gasteiger partial charge in [-0.1, -0.05) is 60.7 Å². The van der Waals surface area contributed by atoms with Crippen LogP contribution in [-0.4, -0.2) is 35.6 Å². The van der Waals surface area contributed by atoms with E-state index >= 15 is 0 Å². The first-order valence-electron chi connectivity index (χ1n) is 8.94. The lowest BCUT2D eigenvalue weighted by molar-refractivity contribution is -0.142. The highest BCUT2D eigenvalue weighted by molar-refractivity contribution is 5.85. The van der Waals surface area contributed by atoms with Gasteiger partial charge in [0.05, 0.1) is 19.3 Å². The summed E-state index contributed by atoms with van der Waals surface area (Å²) in [6.07, 6.45) is 1.34. The topological polar surface area (TPSA) is 38.8 Å². The molecule has 0 radical (unpaired) electrons. The molecule has 0 N–H and O–H groups in total. The van der Waals surface area contributed by atoms with Gasteiger partial charge in [-0.15, -0.1) is 0 Å². The number of hydrogen-bond acceptors (Lipinski definition) is 3. The summed E-state index contributed by atoms with van der Waals surface area (Å²) in [4.78, 5) is 14.7. The third-order valence-corrected chi connectivity index (χ3v) is 5.06. The smallest absolute Gasteiger partial charge is 0.254 e. The lowest BCUT2D eigenvalue weighted by atomic mass is 10.1. The van der Waals surface area contributed by atoms with Crippen LogP contribution in [0.4, 0.5) is 0 Å². The van der Waals surface area contributed by atoms with Crippen LogP contribution in [0.3, 0.4) is 0 Å². The van der Waals surface area contributed by atoms with Crippen molar-refractivity contribution in [1.29, 1.82) is 0 Å². The molecule has 0 unspecified atom stereocenters. The Morgan fingerprint density at radius 1 is 0.880 bits per heavy atom. The van der Waals surface area contributed by atoms with Crippen LogP contribution in [0.15, 0.2) is 60.7 Å². The van der Waals surface area contributed by atoms with Crippen LogP contribution in [0, 0.1) is 0 Å². The number of amides is 1. The quantitative estimate of drug-likeness (QED) is 0.813. The standard InChI is InChI=1S/C21H23NO3/c23-21-20(25-15-17-10-5-2-6-11-17)19(18-12-7-13-22(18)21)24-14-16-8-3-1-4-9-16/h1-6,8-11,18-20H,7,12-15H2/t18-,19+,20+/m0/s1. The zero-order valence-electron chi connectivity index (χ0n) is 14.2. The Labute approximate surface area is 148 Å². The van der Waals surface area contributed by atoms with E-state index in [0.717, 1.165) is 30.5 Å². The minimum Gasteiger partial charge on any atom is -0.368 e. The van der Waals surface area contributed by atoms with Gasteiger partial charge in [0.1, 0.15) is 6.10 Å². The highest BCUT2D eigenvalue weighted by Crippen LogP contribution is 2.33. The molecular weight excluding hydrogens is 314 g/mol. The van der Waals surface area contributed by atoms with Crippen LogP contribution >= 0.6 is 0 Å². The predicted octanol–water partition coefficient (Wildman–Crippen LogP) is 3.16. The molecule has 3 atom stereocenters. The molecule has 2 aliphatic heterocycles. The SMILES string of the molecule is O=C1[C@H](OCc2ccccc2)[C@H](OCc2ccccc2)[C@@H]2CCCN12. The van der Waals surface area contributed by atoms with E-state index in [-0.39, 0.29) is 18.1 Å². The normalized spacial score (nSPS) is 25.4. The summed E-state index contributed by atoms with van der Waals surface area (Å²) in [5.41, 5.74) is 2.19. The van der Waals surface area contributed by atoms with Crippen LogP contribution in [-0.2, 0) is 27.5 Å².